The molecule has 2 N–H and O–H groups in total. The molecule has 0 aliphatic carbocycles. The van der Waals surface area contributed by atoms with E-state index < -0.39 is 16.4 Å². The zero-order valence-electron chi connectivity index (χ0n) is 5.75. The van der Waals surface area contributed by atoms with E-state index in [1.165, 1.54) is 6.92 Å². The largest absolute Gasteiger partial charge is 0.397 e. The van der Waals surface area contributed by atoms with Crippen molar-refractivity contribution in [2.75, 3.05) is 0 Å². The summed E-state index contributed by atoms with van der Waals surface area (Å²) in [5.41, 5.74) is 4.47. The Balaban J connectivity index is 4.79. The molecule has 0 bridgehead atoms. The van der Waals surface area contributed by atoms with Crippen LogP contribution in [0.15, 0.2) is 11.4 Å². The second-order valence-corrected chi connectivity index (χ2v) is 1.84. The molecule has 0 spiro atoms. The van der Waals surface area contributed by atoms with Crippen LogP contribution in [0.3, 0.4) is 0 Å². The van der Waals surface area contributed by atoms with Crippen molar-refractivity contribution >= 4 is 5.78 Å². The second-order valence-electron chi connectivity index (χ2n) is 1.84. The SMILES string of the molecule is CC(=O)/C(=C(/C)N)[N+](=O)[O-]. The van der Waals surface area contributed by atoms with Gasteiger partial charge in [-0.05, 0) is 6.92 Å². The van der Waals surface area contributed by atoms with Gasteiger partial charge in [0.05, 0.1) is 10.6 Å². The molecule has 56 valence electrons. The molecule has 0 fully saturated rings. The summed E-state index contributed by atoms with van der Waals surface area (Å²) in [5, 5.41) is 10.0. The standard InChI is InChI=1S/C5H8N2O3/c1-3(6)5(4(2)8)7(9)10/h6H2,1-2H3/b5-3+. The molecule has 0 aliphatic rings. The molecule has 5 heteroatoms. The Kier molecular flexibility index (Phi) is 2.54. The maximum absolute atomic E-state index is 10.4. The lowest BCUT2D eigenvalue weighted by atomic mass is 10.3. The zero-order chi connectivity index (χ0) is 8.31. The first kappa shape index (κ1) is 8.61. The molecule has 0 heterocycles. The lowest BCUT2D eigenvalue weighted by Crippen LogP contribution is -2.13. The van der Waals surface area contributed by atoms with Gasteiger partial charge in [-0.3, -0.25) is 14.9 Å². The molecule has 0 saturated heterocycles. The molecule has 10 heavy (non-hydrogen) atoms. The number of carbonyl (C=O) groups excluding carboxylic acids is 1. The molecule has 0 aromatic heterocycles. The first-order chi connectivity index (χ1) is 4.46. The first-order valence-corrected chi connectivity index (χ1v) is 2.58. The van der Waals surface area contributed by atoms with Crippen molar-refractivity contribution in [3.63, 3.8) is 0 Å². The van der Waals surface area contributed by atoms with Gasteiger partial charge in [-0.25, -0.2) is 0 Å². The third-order valence-electron chi connectivity index (χ3n) is 0.890. The smallest absolute Gasteiger partial charge is 0.329 e. The lowest BCUT2D eigenvalue weighted by molar-refractivity contribution is -0.419. The van der Waals surface area contributed by atoms with E-state index in [4.69, 9.17) is 5.73 Å². The summed E-state index contributed by atoms with van der Waals surface area (Å²) in [4.78, 5) is 19.7. The van der Waals surface area contributed by atoms with E-state index in [9.17, 15) is 14.9 Å². The van der Waals surface area contributed by atoms with Crippen molar-refractivity contribution in [2.45, 2.75) is 13.8 Å². The number of carbonyl (C=O) groups is 1. The van der Waals surface area contributed by atoms with Crippen LogP contribution in [0.1, 0.15) is 13.8 Å². The highest BCUT2D eigenvalue weighted by atomic mass is 16.6. The number of allylic oxidation sites excluding steroid dienone is 2. The van der Waals surface area contributed by atoms with Crippen LogP contribution in [0, 0.1) is 10.1 Å². The highest BCUT2D eigenvalue weighted by molar-refractivity contribution is 5.91. The van der Waals surface area contributed by atoms with Crippen molar-refractivity contribution in [2.24, 2.45) is 5.73 Å². The van der Waals surface area contributed by atoms with Gasteiger partial charge in [0.1, 0.15) is 0 Å². The number of ketones is 1. The summed E-state index contributed by atoms with van der Waals surface area (Å²) >= 11 is 0. The van der Waals surface area contributed by atoms with Gasteiger partial charge in [-0.15, -0.1) is 0 Å². The average Bonchev–Trinajstić information content (AvgIpc) is 1.59. The second kappa shape index (κ2) is 2.95. The van der Waals surface area contributed by atoms with E-state index in [2.05, 4.69) is 0 Å². The molecular weight excluding hydrogens is 136 g/mol. The van der Waals surface area contributed by atoms with Gasteiger partial charge in [0.15, 0.2) is 0 Å². The first-order valence-electron chi connectivity index (χ1n) is 2.58. The summed E-state index contributed by atoms with van der Waals surface area (Å²) < 4.78 is 0. The Bertz CT molecular complexity index is 187. The summed E-state index contributed by atoms with van der Waals surface area (Å²) in [6.07, 6.45) is 0. The highest BCUT2D eigenvalue weighted by Gasteiger charge is 2.18. The van der Waals surface area contributed by atoms with Crippen molar-refractivity contribution in [3.05, 3.63) is 21.5 Å². The van der Waals surface area contributed by atoms with E-state index >= 15 is 0 Å². The molecule has 0 radical (unpaired) electrons. The number of nitro groups is 1. The Morgan fingerprint density at radius 1 is 1.50 bits per heavy atom. The van der Waals surface area contributed by atoms with Crippen LogP contribution in [0.25, 0.3) is 0 Å². The molecule has 0 aromatic rings. The van der Waals surface area contributed by atoms with Crippen LogP contribution in [0.4, 0.5) is 0 Å². The monoisotopic (exact) mass is 144 g/mol. The molecule has 0 aliphatic heterocycles. The zero-order valence-corrected chi connectivity index (χ0v) is 5.75. The Morgan fingerprint density at radius 3 is 1.90 bits per heavy atom. The van der Waals surface area contributed by atoms with E-state index in [1.807, 2.05) is 0 Å². The van der Waals surface area contributed by atoms with Crippen molar-refractivity contribution in [1.29, 1.82) is 0 Å². The average molecular weight is 144 g/mol. The van der Waals surface area contributed by atoms with Crippen LogP contribution in [-0.4, -0.2) is 10.7 Å². The fourth-order valence-corrected chi connectivity index (χ4v) is 0.550. The molecule has 0 atom stereocenters. The minimum Gasteiger partial charge on any atom is -0.397 e. The number of rotatable bonds is 2. The quantitative estimate of drug-likeness (QED) is 0.337. The molecular formula is C5H8N2O3. The van der Waals surface area contributed by atoms with Gasteiger partial charge in [0.25, 0.3) is 0 Å². The third-order valence-corrected chi connectivity index (χ3v) is 0.890. The van der Waals surface area contributed by atoms with Gasteiger partial charge in [-0.2, -0.15) is 0 Å². The summed E-state index contributed by atoms with van der Waals surface area (Å²) in [6.45, 7) is 2.42. The van der Waals surface area contributed by atoms with E-state index in [0.717, 1.165) is 6.92 Å². The van der Waals surface area contributed by atoms with Crippen molar-refractivity contribution in [3.8, 4) is 0 Å². The Morgan fingerprint density at radius 2 is 1.90 bits per heavy atom. The van der Waals surface area contributed by atoms with Crippen LogP contribution >= 0.6 is 0 Å². The molecule has 0 unspecified atom stereocenters. The van der Waals surface area contributed by atoms with Gasteiger partial charge < -0.3 is 5.73 Å². The summed E-state index contributed by atoms with van der Waals surface area (Å²) in [7, 11) is 0. The minimum atomic E-state index is -0.780. The maximum atomic E-state index is 10.4. The predicted molar refractivity (Wildman–Crippen MR) is 34.6 cm³/mol. The summed E-state index contributed by atoms with van der Waals surface area (Å²) in [6, 6.07) is 0. The fourth-order valence-electron chi connectivity index (χ4n) is 0.550. The number of nitrogens with two attached hydrogens (primary N) is 1. The Hall–Kier alpha value is -1.39. The maximum Gasteiger partial charge on any atom is 0.329 e. The van der Waals surface area contributed by atoms with Crippen LogP contribution in [0.5, 0.6) is 0 Å². The van der Waals surface area contributed by atoms with E-state index in [1.54, 1.807) is 0 Å². The molecule has 0 saturated carbocycles. The fraction of sp³-hybridized carbons (Fsp3) is 0.400. The van der Waals surface area contributed by atoms with Crippen LogP contribution < -0.4 is 5.73 Å². The van der Waals surface area contributed by atoms with E-state index in [-0.39, 0.29) is 5.70 Å². The van der Waals surface area contributed by atoms with Gasteiger partial charge >= 0.3 is 5.70 Å². The number of Topliss-reactive ketones (excluding diaryl/α,β-unsaturated/α-hetero) is 1. The third kappa shape index (κ3) is 1.85. The minimum absolute atomic E-state index is 0.0579. The number of hydrogen-bond donors (Lipinski definition) is 1. The molecule has 0 amide bonds. The topological polar surface area (TPSA) is 86.2 Å². The Labute approximate surface area is 57.7 Å². The summed E-state index contributed by atoms with van der Waals surface area (Å²) in [5.74, 6) is -0.620. The number of hydrogen-bond acceptors (Lipinski definition) is 4. The van der Waals surface area contributed by atoms with E-state index in [0.29, 0.717) is 0 Å². The highest BCUT2D eigenvalue weighted by Crippen LogP contribution is 1.99. The van der Waals surface area contributed by atoms with Crippen molar-refractivity contribution < 1.29 is 9.72 Å². The van der Waals surface area contributed by atoms with Crippen LogP contribution in [0.2, 0.25) is 0 Å². The predicted octanol–water partition coefficient (Wildman–Crippen LogP) is 0.0423. The lowest BCUT2D eigenvalue weighted by Gasteiger charge is -1.93. The molecule has 0 rings (SSSR count). The normalized spacial score (nSPS) is 12.2. The number of nitrogens with zero attached hydrogens (tertiary/aromatic N) is 1. The molecule has 0 aromatic carbocycles. The van der Waals surface area contributed by atoms with Crippen LogP contribution in [-0.2, 0) is 4.79 Å². The van der Waals surface area contributed by atoms with Gasteiger partial charge in [-0.1, -0.05) is 0 Å². The van der Waals surface area contributed by atoms with Gasteiger partial charge in [0, 0.05) is 6.92 Å². The molecule has 5 nitrogen and oxygen atoms in total. The van der Waals surface area contributed by atoms with Gasteiger partial charge in [0.2, 0.25) is 5.78 Å². The van der Waals surface area contributed by atoms with Crippen molar-refractivity contribution in [1.82, 2.24) is 0 Å².